The van der Waals surface area contributed by atoms with Crippen LogP contribution in [0.2, 0.25) is 0 Å². The molecule has 0 bridgehead atoms. The maximum atomic E-state index is 13.0. The topological polar surface area (TPSA) is 41.1 Å². The Kier molecular flexibility index (Phi) is 5.27. The first-order chi connectivity index (χ1) is 10.1. The average molecular weight is 355 g/mol. The summed E-state index contributed by atoms with van der Waals surface area (Å²) in [5, 5.41) is 5.62. The number of benzene rings is 2. The van der Waals surface area contributed by atoms with Crippen LogP contribution in [0.5, 0.6) is 0 Å². The second-order valence-electron chi connectivity index (χ2n) is 4.33. The molecule has 6 heteroatoms. The Balaban J connectivity index is 1.82. The number of carbonyl (C=O) groups excluding carboxylic acids is 1. The number of amides is 1. The van der Waals surface area contributed by atoms with Gasteiger partial charge in [0.05, 0.1) is 5.69 Å². The van der Waals surface area contributed by atoms with Crippen LogP contribution in [0.1, 0.15) is 6.42 Å². The molecule has 0 radical (unpaired) electrons. The van der Waals surface area contributed by atoms with Crippen molar-refractivity contribution in [3.8, 4) is 0 Å². The summed E-state index contributed by atoms with van der Waals surface area (Å²) in [5.41, 5.74) is 1.12. The lowest BCUT2D eigenvalue weighted by Gasteiger charge is -2.09. The third-order valence-electron chi connectivity index (χ3n) is 2.75. The van der Waals surface area contributed by atoms with E-state index in [9.17, 15) is 13.6 Å². The smallest absolute Gasteiger partial charge is 0.226 e. The molecule has 0 fully saturated rings. The van der Waals surface area contributed by atoms with Crippen molar-refractivity contribution in [2.24, 2.45) is 0 Å². The van der Waals surface area contributed by atoms with E-state index < -0.39 is 11.6 Å². The van der Waals surface area contributed by atoms with Crippen LogP contribution in [0.3, 0.4) is 0 Å². The molecular weight excluding hydrogens is 342 g/mol. The first-order valence-corrected chi connectivity index (χ1v) is 7.09. The molecule has 3 nitrogen and oxygen atoms in total. The highest BCUT2D eigenvalue weighted by Gasteiger charge is 2.06. The predicted molar refractivity (Wildman–Crippen MR) is 82.2 cm³/mol. The standard InChI is InChI=1S/C15H13BrF2N2O/c16-11-3-1-2-4-14(11)20-15(21)7-8-19-10-5-6-12(17)13(18)9-10/h1-6,9,19H,7-8H2,(H,20,21). The second-order valence-corrected chi connectivity index (χ2v) is 5.19. The summed E-state index contributed by atoms with van der Waals surface area (Å²) in [7, 11) is 0. The fourth-order valence-electron chi connectivity index (χ4n) is 1.70. The van der Waals surface area contributed by atoms with Gasteiger partial charge in [-0.2, -0.15) is 0 Å². The molecule has 2 aromatic rings. The van der Waals surface area contributed by atoms with Gasteiger partial charge in [-0.3, -0.25) is 4.79 Å². The minimum atomic E-state index is -0.919. The molecule has 1 amide bonds. The van der Waals surface area contributed by atoms with Crippen LogP contribution in [0.4, 0.5) is 20.2 Å². The third kappa shape index (κ3) is 4.53. The lowest BCUT2D eigenvalue weighted by Crippen LogP contribution is -2.16. The minimum absolute atomic E-state index is 0.169. The largest absolute Gasteiger partial charge is 0.384 e. The lowest BCUT2D eigenvalue weighted by molar-refractivity contribution is -0.115. The highest BCUT2D eigenvalue weighted by atomic mass is 79.9. The molecule has 0 saturated carbocycles. The molecule has 0 aromatic heterocycles. The van der Waals surface area contributed by atoms with E-state index in [1.54, 1.807) is 6.07 Å². The summed E-state index contributed by atoms with van der Waals surface area (Å²) in [6, 6.07) is 10.8. The summed E-state index contributed by atoms with van der Waals surface area (Å²) in [6.07, 6.45) is 0.209. The zero-order valence-corrected chi connectivity index (χ0v) is 12.6. The monoisotopic (exact) mass is 354 g/mol. The Morgan fingerprint density at radius 1 is 1.10 bits per heavy atom. The molecule has 2 N–H and O–H groups in total. The van der Waals surface area contributed by atoms with Crippen LogP contribution in [0, 0.1) is 11.6 Å². The van der Waals surface area contributed by atoms with Gasteiger partial charge in [0.2, 0.25) is 5.91 Å². The van der Waals surface area contributed by atoms with Crippen molar-refractivity contribution in [1.29, 1.82) is 0 Å². The van der Waals surface area contributed by atoms with E-state index in [1.165, 1.54) is 6.07 Å². The highest BCUT2D eigenvalue weighted by Crippen LogP contribution is 2.21. The molecule has 0 spiro atoms. The number of halogens is 3. The van der Waals surface area contributed by atoms with Crippen LogP contribution in [-0.2, 0) is 4.79 Å². The van der Waals surface area contributed by atoms with Crippen molar-refractivity contribution in [3.05, 3.63) is 58.6 Å². The summed E-state index contributed by atoms with van der Waals surface area (Å²) in [4.78, 5) is 11.8. The fourth-order valence-corrected chi connectivity index (χ4v) is 2.09. The van der Waals surface area contributed by atoms with Crippen LogP contribution < -0.4 is 10.6 Å². The Morgan fingerprint density at radius 3 is 2.57 bits per heavy atom. The fraction of sp³-hybridized carbons (Fsp3) is 0.133. The van der Waals surface area contributed by atoms with Gasteiger partial charge in [0.1, 0.15) is 0 Å². The normalized spacial score (nSPS) is 10.2. The molecule has 0 unspecified atom stereocenters. The number of hydrogen-bond donors (Lipinski definition) is 2. The Bertz CT molecular complexity index is 649. The van der Waals surface area contributed by atoms with Crippen molar-refractivity contribution in [3.63, 3.8) is 0 Å². The Hall–Kier alpha value is -1.95. The SMILES string of the molecule is O=C(CCNc1ccc(F)c(F)c1)Nc1ccccc1Br. The zero-order chi connectivity index (χ0) is 15.2. The second kappa shape index (κ2) is 7.17. The van der Waals surface area contributed by atoms with Gasteiger partial charge in [-0.1, -0.05) is 12.1 Å². The van der Waals surface area contributed by atoms with E-state index in [0.717, 1.165) is 16.6 Å². The van der Waals surface area contributed by atoms with Gasteiger partial charge in [0.15, 0.2) is 11.6 Å². The van der Waals surface area contributed by atoms with Crippen molar-refractivity contribution in [1.82, 2.24) is 0 Å². The number of rotatable bonds is 5. The molecule has 0 aliphatic rings. The van der Waals surface area contributed by atoms with Crippen molar-refractivity contribution < 1.29 is 13.6 Å². The van der Waals surface area contributed by atoms with Crippen molar-refractivity contribution >= 4 is 33.2 Å². The summed E-state index contributed by atoms with van der Waals surface area (Å²) in [6.45, 7) is 0.321. The van der Waals surface area contributed by atoms with E-state index in [0.29, 0.717) is 17.9 Å². The number of nitrogens with one attached hydrogen (secondary N) is 2. The number of anilines is 2. The van der Waals surface area contributed by atoms with Gasteiger partial charge in [-0.05, 0) is 46.3 Å². The molecule has 2 aromatic carbocycles. The van der Waals surface area contributed by atoms with E-state index in [4.69, 9.17) is 0 Å². The van der Waals surface area contributed by atoms with Crippen molar-refractivity contribution in [2.45, 2.75) is 6.42 Å². The number of carbonyl (C=O) groups is 1. The molecule has 110 valence electrons. The van der Waals surface area contributed by atoms with Gasteiger partial charge in [-0.25, -0.2) is 8.78 Å². The summed E-state index contributed by atoms with van der Waals surface area (Å²) >= 11 is 3.34. The maximum absolute atomic E-state index is 13.0. The summed E-state index contributed by atoms with van der Waals surface area (Å²) in [5.74, 6) is -1.98. The van der Waals surface area contributed by atoms with Gasteiger partial charge in [0.25, 0.3) is 0 Å². The molecule has 0 aliphatic carbocycles. The lowest BCUT2D eigenvalue weighted by atomic mass is 10.2. The summed E-state index contributed by atoms with van der Waals surface area (Å²) < 4.78 is 26.6. The molecule has 0 atom stereocenters. The average Bonchev–Trinajstić information content (AvgIpc) is 2.45. The number of hydrogen-bond acceptors (Lipinski definition) is 2. The Morgan fingerprint density at radius 2 is 1.86 bits per heavy atom. The predicted octanol–water partition coefficient (Wildman–Crippen LogP) is 4.17. The molecule has 21 heavy (non-hydrogen) atoms. The highest BCUT2D eigenvalue weighted by molar-refractivity contribution is 9.10. The van der Waals surface area contributed by atoms with Crippen LogP contribution in [-0.4, -0.2) is 12.5 Å². The molecule has 0 heterocycles. The van der Waals surface area contributed by atoms with Crippen LogP contribution >= 0.6 is 15.9 Å². The molecular formula is C15H13BrF2N2O. The van der Waals surface area contributed by atoms with E-state index in [-0.39, 0.29) is 12.3 Å². The van der Waals surface area contributed by atoms with E-state index in [1.807, 2.05) is 18.2 Å². The van der Waals surface area contributed by atoms with Gasteiger partial charge in [-0.15, -0.1) is 0 Å². The van der Waals surface area contributed by atoms with E-state index in [2.05, 4.69) is 26.6 Å². The third-order valence-corrected chi connectivity index (χ3v) is 3.44. The van der Waals surface area contributed by atoms with Crippen LogP contribution in [0.25, 0.3) is 0 Å². The number of para-hydroxylation sites is 1. The van der Waals surface area contributed by atoms with Crippen molar-refractivity contribution in [2.75, 3.05) is 17.2 Å². The quantitative estimate of drug-likeness (QED) is 0.845. The van der Waals surface area contributed by atoms with E-state index >= 15 is 0 Å². The zero-order valence-electron chi connectivity index (χ0n) is 11.0. The van der Waals surface area contributed by atoms with Crippen LogP contribution in [0.15, 0.2) is 46.9 Å². The van der Waals surface area contributed by atoms with Gasteiger partial charge < -0.3 is 10.6 Å². The maximum Gasteiger partial charge on any atom is 0.226 e. The molecule has 0 saturated heterocycles. The first kappa shape index (κ1) is 15.4. The molecule has 2 rings (SSSR count). The molecule has 0 aliphatic heterocycles. The Labute approximate surface area is 129 Å². The van der Waals surface area contributed by atoms with Gasteiger partial charge in [0, 0.05) is 23.1 Å². The minimum Gasteiger partial charge on any atom is -0.384 e. The van der Waals surface area contributed by atoms with Gasteiger partial charge >= 0.3 is 0 Å². The first-order valence-electron chi connectivity index (χ1n) is 6.29.